The number of morpholine rings is 1. The van der Waals surface area contributed by atoms with Gasteiger partial charge in [-0.15, -0.1) is 0 Å². The summed E-state index contributed by atoms with van der Waals surface area (Å²) >= 11 is 0. The molecule has 17 heavy (non-hydrogen) atoms. The van der Waals surface area contributed by atoms with E-state index in [1.165, 1.54) is 4.31 Å². The van der Waals surface area contributed by atoms with Crippen LogP contribution in [0.3, 0.4) is 0 Å². The fraction of sp³-hybridized carbons (Fsp3) is 0.889. The highest BCUT2D eigenvalue weighted by Gasteiger charge is 2.32. The molecule has 1 rings (SSSR count). The molecule has 1 aliphatic rings. The van der Waals surface area contributed by atoms with Gasteiger partial charge in [0.05, 0.1) is 19.6 Å². The maximum absolute atomic E-state index is 11.9. The van der Waals surface area contributed by atoms with Gasteiger partial charge in [0.15, 0.2) is 0 Å². The van der Waals surface area contributed by atoms with Crippen LogP contribution in [0, 0.1) is 0 Å². The standard InChI is InChI=1S/C9H18N2O5S/c1-9(2,7-8(12)13)10-17(14,15)11-3-5-16-6-4-11/h10H,3-7H2,1-2H3,(H,12,13). The van der Waals surface area contributed by atoms with Crippen LogP contribution in [-0.4, -0.2) is 55.6 Å². The number of nitrogens with zero attached hydrogens (tertiary/aromatic N) is 1. The average Bonchev–Trinajstić information content (AvgIpc) is 2.15. The molecule has 0 bridgehead atoms. The Labute approximate surface area is 101 Å². The summed E-state index contributed by atoms with van der Waals surface area (Å²) in [6, 6.07) is 0. The second kappa shape index (κ2) is 5.30. The maximum Gasteiger partial charge on any atom is 0.305 e. The number of aliphatic carboxylic acids is 1. The molecular formula is C9H18N2O5S. The van der Waals surface area contributed by atoms with Crippen LogP contribution >= 0.6 is 0 Å². The van der Waals surface area contributed by atoms with E-state index in [-0.39, 0.29) is 6.42 Å². The molecule has 0 aromatic heterocycles. The Morgan fingerprint density at radius 3 is 2.41 bits per heavy atom. The highest BCUT2D eigenvalue weighted by atomic mass is 32.2. The lowest BCUT2D eigenvalue weighted by molar-refractivity contribution is -0.138. The van der Waals surface area contributed by atoms with E-state index in [4.69, 9.17) is 9.84 Å². The van der Waals surface area contributed by atoms with Crippen molar-refractivity contribution in [1.82, 2.24) is 9.03 Å². The molecule has 1 aliphatic heterocycles. The van der Waals surface area contributed by atoms with Crippen molar-refractivity contribution in [2.24, 2.45) is 0 Å². The monoisotopic (exact) mass is 266 g/mol. The fourth-order valence-corrected chi connectivity index (χ4v) is 3.14. The van der Waals surface area contributed by atoms with Crippen LogP contribution in [0.15, 0.2) is 0 Å². The van der Waals surface area contributed by atoms with E-state index >= 15 is 0 Å². The first-order chi connectivity index (χ1) is 7.73. The van der Waals surface area contributed by atoms with Gasteiger partial charge >= 0.3 is 5.97 Å². The zero-order valence-corrected chi connectivity index (χ0v) is 10.8. The molecule has 2 N–H and O–H groups in total. The first kappa shape index (κ1) is 14.4. The predicted octanol–water partition coefficient (Wildman–Crippen LogP) is -0.594. The second-order valence-corrected chi connectivity index (χ2v) is 6.24. The number of carboxylic acids is 1. The summed E-state index contributed by atoms with van der Waals surface area (Å²) in [5.74, 6) is -1.04. The first-order valence-corrected chi connectivity index (χ1v) is 6.75. The molecule has 0 amide bonds. The Balaban J connectivity index is 2.67. The molecule has 0 atom stereocenters. The van der Waals surface area contributed by atoms with Gasteiger partial charge in [-0.2, -0.15) is 17.4 Å². The van der Waals surface area contributed by atoms with Crippen LogP contribution in [-0.2, 0) is 19.7 Å². The minimum Gasteiger partial charge on any atom is -0.481 e. The molecule has 0 aromatic rings. The van der Waals surface area contributed by atoms with Gasteiger partial charge in [-0.25, -0.2) is 0 Å². The Kier molecular flexibility index (Phi) is 4.48. The Morgan fingerprint density at radius 1 is 1.41 bits per heavy atom. The maximum atomic E-state index is 11.9. The van der Waals surface area contributed by atoms with Gasteiger partial charge in [-0.3, -0.25) is 4.79 Å². The van der Waals surface area contributed by atoms with Gasteiger partial charge in [-0.05, 0) is 13.8 Å². The summed E-state index contributed by atoms with van der Waals surface area (Å²) < 4.78 is 32.6. The second-order valence-electron chi connectivity index (χ2n) is 4.57. The van der Waals surface area contributed by atoms with Gasteiger partial charge < -0.3 is 9.84 Å². The predicted molar refractivity (Wildman–Crippen MR) is 60.8 cm³/mol. The van der Waals surface area contributed by atoms with Crippen molar-refractivity contribution in [2.45, 2.75) is 25.8 Å². The Bertz CT molecular complexity index is 373. The van der Waals surface area contributed by atoms with E-state index in [0.29, 0.717) is 26.3 Å². The molecule has 8 heteroatoms. The lowest BCUT2D eigenvalue weighted by Crippen LogP contribution is -2.53. The van der Waals surface area contributed by atoms with E-state index in [2.05, 4.69) is 4.72 Å². The number of rotatable bonds is 5. The van der Waals surface area contributed by atoms with Crippen molar-refractivity contribution in [3.8, 4) is 0 Å². The van der Waals surface area contributed by atoms with Gasteiger partial charge in [-0.1, -0.05) is 0 Å². The van der Waals surface area contributed by atoms with Crippen molar-refractivity contribution in [2.75, 3.05) is 26.3 Å². The molecule has 100 valence electrons. The minimum atomic E-state index is -3.65. The Hall–Kier alpha value is -0.700. The summed E-state index contributed by atoms with van der Waals surface area (Å²) in [4.78, 5) is 10.6. The third-order valence-corrected chi connectivity index (χ3v) is 4.16. The number of carboxylic acid groups (broad SMARTS) is 1. The number of carbonyl (C=O) groups is 1. The number of nitrogens with one attached hydrogen (secondary N) is 1. The Morgan fingerprint density at radius 2 is 1.94 bits per heavy atom. The van der Waals surface area contributed by atoms with E-state index in [1.807, 2.05) is 0 Å². The molecule has 1 saturated heterocycles. The van der Waals surface area contributed by atoms with Gasteiger partial charge in [0.2, 0.25) is 0 Å². The quantitative estimate of drug-likeness (QED) is 0.693. The summed E-state index contributed by atoms with van der Waals surface area (Å²) in [6.45, 7) is 4.38. The van der Waals surface area contributed by atoms with Gasteiger partial charge in [0.25, 0.3) is 10.2 Å². The van der Waals surface area contributed by atoms with Crippen LogP contribution in [0.2, 0.25) is 0 Å². The summed E-state index contributed by atoms with van der Waals surface area (Å²) in [7, 11) is -3.65. The van der Waals surface area contributed by atoms with Crippen LogP contribution < -0.4 is 4.72 Å². The molecule has 1 heterocycles. The molecule has 0 saturated carbocycles. The highest BCUT2D eigenvalue weighted by molar-refractivity contribution is 7.87. The van der Waals surface area contributed by atoms with Crippen LogP contribution in [0.4, 0.5) is 0 Å². The van der Waals surface area contributed by atoms with Crippen molar-refractivity contribution in [1.29, 1.82) is 0 Å². The van der Waals surface area contributed by atoms with Crippen LogP contribution in [0.25, 0.3) is 0 Å². The minimum absolute atomic E-state index is 0.267. The zero-order valence-electron chi connectivity index (χ0n) is 9.97. The normalized spacial score (nSPS) is 19.2. The van der Waals surface area contributed by atoms with E-state index in [0.717, 1.165) is 0 Å². The molecular weight excluding hydrogens is 248 g/mol. The van der Waals surface area contributed by atoms with Crippen molar-refractivity contribution >= 4 is 16.2 Å². The van der Waals surface area contributed by atoms with Crippen molar-refractivity contribution in [3.63, 3.8) is 0 Å². The molecule has 1 fully saturated rings. The third-order valence-electron chi connectivity index (χ3n) is 2.31. The molecule has 7 nitrogen and oxygen atoms in total. The summed E-state index contributed by atoms with van der Waals surface area (Å²) in [6.07, 6.45) is -0.267. The van der Waals surface area contributed by atoms with E-state index in [9.17, 15) is 13.2 Å². The van der Waals surface area contributed by atoms with Crippen LogP contribution in [0.1, 0.15) is 20.3 Å². The van der Waals surface area contributed by atoms with Crippen LogP contribution in [0.5, 0.6) is 0 Å². The zero-order chi connectivity index (χ0) is 13.1. The number of hydrogen-bond acceptors (Lipinski definition) is 4. The lowest BCUT2D eigenvalue weighted by atomic mass is 10.0. The average molecular weight is 266 g/mol. The first-order valence-electron chi connectivity index (χ1n) is 5.31. The highest BCUT2D eigenvalue weighted by Crippen LogP contribution is 2.13. The van der Waals surface area contributed by atoms with Crippen molar-refractivity contribution < 1.29 is 23.1 Å². The lowest BCUT2D eigenvalue weighted by Gasteiger charge is -2.31. The summed E-state index contributed by atoms with van der Waals surface area (Å²) in [5.41, 5.74) is -1.01. The van der Waals surface area contributed by atoms with Gasteiger partial charge in [0, 0.05) is 18.6 Å². The fourth-order valence-electron chi connectivity index (χ4n) is 1.61. The summed E-state index contributed by atoms with van der Waals surface area (Å²) in [5, 5.41) is 8.69. The SMILES string of the molecule is CC(C)(CC(=O)O)NS(=O)(=O)N1CCOCC1. The molecule has 0 spiro atoms. The van der Waals surface area contributed by atoms with Gasteiger partial charge in [0.1, 0.15) is 0 Å². The van der Waals surface area contributed by atoms with E-state index in [1.54, 1.807) is 13.8 Å². The molecule has 0 aromatic carbocycles. The number of hydrogen-bond donors (Lipinski definition) is 2. The largest absolute Gasteiger partial charge is 0.481 e. The smallest absolute Gasteiger partial charge is 0.305 e. The molecule has 0 aliphatic carbocycles. The molecule has 0 unspecified atom stereocenters. The van der Waals surface area contributed by atoms with Crippen molar-refractivity contribution in [3.05, 3.63) is 0 Å². The topological polar surface area (TPSA) is 95.9 Å². The molecule has 0 radical (unpaired) electrons. The number of ether oxygens (including phenoxy) is 1. The van der Waals surface area contributed by atoms with E-state index < -0.39 is 21.7 Å². The third kappa shape index (κ3) is 4.58.